The van der Waals surface area contributed by atoms with Gasteiger partial charge in [-0.05, 0) is 28.8 Å². The molecule has 1 fully saturated rings. The molecule has 3 aromatic rings. The maximum absolute atomic E-state index is 12.2. The van der Waals surface area contributed by atoms with Gasteiger partial charge in [-0.1, -0.05) is 47.5 Å². The molecule has 0 bridgehead atoms. The van der Waals surface area contributed by atoms with Gasteiger partial charge in [-0.2, -0.15) is 0 Å². The fourth-order valence-electron chi connectivity index (χ4n) is 3.55. The number of nitrogens with zero attached hydrogens (tertiary/aromatic N) is 1. The summed E-state index contributed by atoms with van der Waals surface area (Å²) >= 11 is 0. The van der Waals surface area contributed by atoms with E-state index in [2.05, 4.69) is 40.7 Å². The lowest BCUT2D eigenvalue weighted by Crippen LogP contribution is -2.30. The molecular formula is C24H24N2O4. The molecular weight excluding hydrogens is 380 g/mol. The van der Waals surface area contributed by atoms with Crippen LogP contribution in [0.1, 0.15) is 29.0 Å². The molecule has 1 aliphatic rings. The average Bonchev–Trinajstić information content (AvgIpc) is 3.42. The highest BCUT2D eigenvalue weighted by Crippen LogP contribution is 2.19. The lowest BCUT2D eigenvalue weighted by atomic mass is 10.1. The summed E-state index contributed by atoms with van der Waals surface area (Å²) < 4.78 is 16.5. The smallest absolute Gasteiger partial charge is 0.226 e. The third-order valence-corrected chi connectivity index (χ3v) is 5.23. The van der Waals surface area contributed by atoms with Crippen molar-refractivity contribution in [2.24, 2.45) is 5.92 Å². The highest BCUT2D eigenvalue weighted by Gasteiger charge is 2.19. The number of terminal acetylenes is 1. The molecule has 1 atom stereocenters. The van der Waals surface area contributed by atoms with Crippen molar-refractivity contribution in [1.29, 1.82) is 0 Å². The molecule has 2 heterocycles. The maximum Gasteiger partial charge on any atom is 0.226 e. The van der Waals surface area contributed by atoms with Gasteiger partial charge >= 0.3 is 0 Å². The number of carbonyl (C=O) groups is 1. The van der Waals surface area contributed by atoms with E-state index in [4.69, 9.17) is 20.4 Å². The minimum atomic E-state index is -0.129. The van der Waals surface area contributed by atoms with E-state index in [1.165, 1.54) is 10.8 Å². The standard InChI is InChI=1S/C24H24N2O4/c1-2-21-22(12-24(27)25-13-18-9-10-28-15-18)26-30-23(21)16-29-14-17-7-8-19-5-3-4-6-20(19)11-17/h1,3-8,11,18H,9-10,12-16H2,(H,25,27). The molecule has 4 rings (SSSR count). The first-order chi connectivity index (χ1) is 14.7. The Bertz CT molecular complexity index is 1060. The lowest BCUT2D eigenvalue weighted by Gasteiger charge is -2.08. The van der Waals surface area contributed by atoms with E-state index in [1.54, 1.807) is 0 Å². The average molecular weight is 404 g/mol. The molecule has 1 saturated heterocycles. The van der Waals surface area contributed by atoms with Crippen molar-refractivity contribution in [2.75, 3.05) is 19.8 Å². The number of rotatable bonds is 8. The molecule has 2 aromatic carbocycles. The SMILES string of the molecule is C#Cc1c(CC(=O)NCC2CCOC2)noc1COCc1ccc2ccccc2c1. The summed E-state index contributed by atoms with van der Waals surface area (Å²) in [7, 11) is 0. The molecule has 6 heteroatoms. The van der Waals surface area contributed by atoms with Crippen molar-refractivity contribution >= 4 is 16.7 Å². The van der Waals surface area contributed by atoms with Gasteiger partial charge in [0, 0.05) is 19.1 Å². The number of carbonyl (C=O) groups excluding carboxylic acids is 1. The largest absolute Gasteiger partial charge is 0.381 e. The Morgan fingerprint density at radius 2 is 2.10 bits per heavy atom. The molecule has 1 unspecified atom stereocenters. The molecule has 1 aromatic heterocycles. The van der Waals surface area contributed by atoms with Crippen LogP contribution in [0, 0.1) is 18.3 Å². The van der Waals surface area contributed by atoms with Gasteiger partial charge in [-0.3, -0.25) is 4.79 Å². The summed E-state index contributed by atoms with van der Waals surface area (Å²) in [6.45, 7) is 2.67. The zero-order valence-corrected chi connectivity index (χ0v) is 16.7. The number of benzene rings is 2. The van der Waals surface area contributed by atoms with Gasteiger partial charge in [-0.25, -0.2) is 0 Å². The van der Waals surface area contributed by atoms with Gasteiger partial charge in [0.25, 0.3) is 0 Å². The Hall–Kier alpha value is -3.14. The summed E-state index contributed by atoms with van der Waals surface area (Å²) in [6.07, 6.45) is 6.69. The number of hydrogen-bond donors (Lipinski definition) is 1. The van der Waals surface area contributed by atoms with Crippen molar-refractivity contribution in [3.63, 3.8) is 0 Å². The lowest BCUT2D eigenvalue weighted by molar-refractivity contribution is -0.120. The third kappa shape index (κ3) is 4.88. The maximum atomic E-state index is 12.2. The molecule has 0 spiro atoms. The van der Waals surface area contributed by atoms with Crippen LogP contribution >= 0.6 is 0 Å². The Balaban J connectivity index is 1.31. The fraction of sp³-hybridized carbons (Fsp3) is 0.333. The van der Waals surface area contributed by atoms with Crippen molar-refractivity contribution in [3.8, 4) is 12.3 Å². The highest BCUT2D eigenvalue weighted by atomic mass is 16.5. The Morgan fingerprint density at radius 1 is 1.23 bits per heavy atom. The molecule has 0 radical (unpaired) electrons. The van der Waals surface area contributed by atoms with E-state index >= 15 is 0 Å². The van der Waals surface area contributed by atoms with Crippen LogP contribution in [0.4, 0.5) is 0 Å². The molecule has 30 heavy (non-hydrogen) atoms. The predicted octanol–water partition coefficient (Wildman–Crippen LogP) is 3.22. The van der Waals surface area contributed by atoms with E-state index in [1.807, 2.05) is 18.2 Å². The van der Waals surface area contributed by atoms with Crippen molar-refractivity contribution in [2.45, 2.75) is 26.1 Å². The number of fused-ring (bicyclic) bond motifs is 1. The number of nitrogens with one attached hydrogen (secondary N) is 1. The highest BCUT2D eigenvalue weighted by molar-refractivity contribution is 5.83. The first-order valence-electron chi connectivity index (χ1n) is 10.1. The Kier molecular flexibility index (Phi) is 6.43. The second kappa shape index (κ2) is 9.57. The number of hydrogen-bond acceptors (Lipinski definition) is 5. The second-order valence-corrected chi connectivity index (χ2v) is 7.46. The molecule has 1 amide bonds. The van der Waals surface area contributed by atoms with E-state index in [0.717, 1.165) is 18.6 Å². The Morgan fingerprint density at radius 3 is 2.90 bits per heavy atom. The van der Waals surface area contributed by atoms with Gasteiger partial charge in [-0.15, -0.1) is 6.42 Å². The zero-order chi connectivity index (χ0) is 20.8. The van der Waals surface area contributed by atoms with Crippen LogP contribution < -0.4 is 5.32 Å². The number of ether oxygens (including phenoxy) is 2. The molecule has 0 aliphatic carbocycles. The molecule has 1 aliphatic heterocycles. The number of aromatic nitrogens is 1. The van der Waals surface area contributed by atoms with Crippen LogP contribution in [0.15, 0.2) is 47.0 Å². The van der Waals surface area contributed by atoms with E-state index in [0.29, 0.717) is 42.7 Å². The van der Waals surface area contributed by atoms with Gasteiger partial charge in [0.2, 0.25) is 5.91 Å². The zero-order valence-electron chi connectivity index (χ0n) is 16.7. The van der Waals surface area contributed by atoms with Crippen LogP contribution in [0.2, 0.25) is 0 Å². The van der Waals surface area contributed by atoms with Crippen molar-refractivity contribution in [3.05, 3.63) is 65.0 Å². The molecule has 6 nitrogen and oxygen atoms in total. The Labute approximate surface area is 175 Å². The first kappa shape index (κ1) is 20.1. The van der Waals surface area contributed by atoms with Crippen molar-refractivity contribution < 1.29 is 18.8 Å². The van der Waals surface area contributed by atoms with Crippen LogP contribution in [0.25, 0.3) is 10.8 Å². The van der Waals surface area contributed by atoms with E-state index in [-0.39, 0.29) is 18.9 Å². The number of amides is 1. The van der Waals surface area contributed by atoms with E-state index < -0.39 is 0 Å². The normalized spacial score (nSPS) is 15.9. The van der Waals surface area contributed by atoms with Crippen molar-refractivity contribution in [1.82, 2.24) is 10.5 Å². The van der Waals surface area contributed by atoms with E-state index in [9.17, 15) is 4.79 Å². The quantitative estimate of drug-likeness (QED) is 0.584. The minimum absolute atomic E-state index is 0.0846. The van der Waals surface area contributed by atoms with Crippen LogP contribution in [-0.2, 0) is 33.9 Å². The summed E-state index contributed by atoms with van der Waals surface area (Å²) in [5.74, 6) is 3.29. The molecule has 1 N–H and O–H groups in total. The monoisotopic (exact) mass is 404 g/mol. The van der Waals surface area contributed by atoms with Gasteiger partial charge in [0.15, 0.2) is 5.76 Å². The predicted molar refractivity (Wildman–Crippen MR) is 113 cm³/mol. The molecule has 0 saturated carbocycles. The summed E-state index contributed by atoms with van der Waals surface area (Å²) in [5.41, 5.74) is 2.01. The summed E-state index contributed by atoms with van der Waals surface area (Å²) in [5, 5.41) is 9.26. The second-order valence-electron chi connectivity index (χ2n) is 7.46. The topological polar surface area (TPSA) is 73.6 Å². The van der Waals surface area contributed by atoms with Gasteiger partial charge in [0.05, 0.1) is 25.2 Å². The van der Waals surface area contributed by atoms with Crippen LogP contribution in [0.5, 0.6) is 0 Å². The van der Waals surface area contributed by atoms with Crippen LogP contribution in [-0.4, -0.2) is 30.8 Å². The minimum Gasteiger partial charge on any atom is -0.381 e. The third-order valence-electron chi connectivity index (χ3n) is 5.23. The van der Waals surface area contributed by atoms with Gasteiger partial charge in [0.1, 0.15) is 12.3 Å². The van der Waals surface area contributed by atoms with Gasteiger partial charge < -0.3 is 19.3 Å². The molecule has 154 valence electrons. The fourth-order valence-corrected chi connectivity index (χ4v) is 3.55. The summed E-state index contributed by atoms with van der Waals surface area (Å²) in [6, 6.07) is 14.4. The first-order valence-corrected chi connectivity index (χ1v) is 10.1. The summed E-state index contributed by atoms with van der Waals surface area (Å²) in [4.78, 5) is 12.2. The van der Waals surface area contributed by atoms with Crippen LogP contribution in [0.3, 0.4) is 0 Å².